The molecule has 18 heavy (non-hydrogen) atoms. The summed E-state index contributed by atoms with van der Waals surface area (Å²) < 4.78 is 11.7. The summed E-state index contributed by atoms with van der Waals surface area (Å²) in [7, 11) is 4.83. The first kappa shape index (κ1) is 14.5. The Hall–Kier alpha value is -1.56. The number of carbonyl (C=O) groups is 1. The van der Waals surface area contributed by atoms with E-state index < -0.39 is 0 Å². The first-order chi connectivity index (χ1) is 8.54. The maximum atomic E-state index is 11.5. The van der Waals surface area contributed by atoms with Gasteiger partial charge < -0.3 is 14.8 Å². The van der Waals surface area contributed by atoms with E-state index >= 15 is 0 Å². The highest BCUT2D eigenvalue weighted by atomic mass is 16.5. The minimum atomic E-state index is -0.306. The van der Waals surface area contributed by atoms with E-state index in [0.717, 1.165) is 11.3 Å². The van der Waals surface area contributed by atoms with Crippen LogP contribution in [0.5, 0.6) is 5.88 Å². The van der Waals surface area contributed by atoms with Gasteiger partial charge in [-0.1, -0.05) is 6.92 Å². The van der Waals surface area contributed by atoms with Crippen molar-refractivity contribution in [3.05, 3.63) is 11.3 Å². The largest absolute Gasteiger partial charge is 0.481 e. The van der Waals surface area contributed by atoms with Gasteiger partial charge in [0.25, 0.3) is 0 Å². The standard InChI is InChI=1S/C12H21N3O3/c1-6-10(12(16)18-5)13-7-9-8(2)14-15(3)11(9)17-4/h10,13H,6-7H2,1-5H3. The number of hydrogen-bond acceptors (Lipinski definition) is 5. The molecule has 0 aromatic carbocycles. The molecule has 0 aliphatic rings. The third kappa shape index (κ3) is 3.01. The third-order valence-corrected chi connectivity index (χ3v) is 2.90. The number of esters is 1. The van der Waals surface area contributed by atoms with Crippen LogP contribution >= 0.6 is 0 Å². The van der Waals surface area contributed by atoms with Gasteiger partial charge in [0, 0.05) is 13.6 Å². The molecule has 0 saturated heterocycles. The summed E-state index contributed by atoms with van der Waals surface area (Å²) in [5.74, 6) is 0.456. The van der Waals surface area contributed by atoms with Crippen LogP contribution in [0.2, 0.25) is 0 Å². The molecule has 0 amide bonds. The van der Waals surface area contributed by atoms with Crippen LogP contribution in [0, 0.1) is 6.92 Å². The molecule has 1 unspecified atom stereocenters. The quantitative estimate of drug-likeness (QED) is 0.761. The van der Waals surface area contributed by atoms with Crippen molar-refractivity contribution in [3.8, 4) is 5.88 Å². The minimum absolute atomic E-state index is 0.252. The molecule has 0 saturated carbocycles. The first-order valence-corrected chi connectivity index (χ1v) is 5.92. The van der Waals surface area contributed by atoms with E-state index in [1.54, 1.807) is 11.8 Å². The van der Waals surface area contributed by atoms with E-state index in [9.17, 15) is 4.79 Å². The lowest BCUT2D eigenvalue weighted by Crippen LogP contribution is -2.36. The Balaban J connectivity index is 2.76. The van der Waals surface area contributed by atoms with Crippen LogP contribution in [0.15, 0.2) is 0 Å². The number of nitrogens with zero attached hydrogens (tertiary/aromatic N) is 2. The molecule has 1 aromatic heterocycles. The molecule has 0 bridgehead atoms. The summed E-state index contributed by atoms with van der Waals surface area (Å²) in [6.07, 6.45) is 0.675. The van der Waals surface area contributed by atoms with E-state index in [1.807, 2.05) is 20.9 Å². The fraction of sp³-hybridized carbons (Fsp3) is 0.667. The Labute approximate surface area is 107 Å². The van der Waals surface area contributed by atoms with Gasteiger partial charge in [-0.15, -0.1) is 0 Å². The highest BCUT2D eigenvalue weighted by Crippen LogP contribution is 2.20. The van der Waals surface area contributed by atoms with Crippen molar-refractivity contribution in [2.45, 2.75) is 32.9 Å². The minimum Gasteiger partial charge on any atom is -0.481 e. The summed E-state index contributed by atoms with van der Waals surface area (Å²) in [4.78, 5) is 11.5. The molecule has 1 N–H and O–H groups in total. The van der Waals surface area contributed by atoms with Crippen molar-refractivity contribution in [3.63, 3.8) is 0 Å². The van der Waals surface area contributed by atoms with Gasteiger partial charge in [-0.2, -0.15) is 5.10 Å². The number of aromatic nitrogens is 2. The van der Waals surface area contributed by atoms with Crippen LogP contribution in [0.3, 0.4) is 0 Å². The van der Waals surface area contributed by atoms with Gasteiger partial charge in [0.1, 0.15) is 6.04 Å². The average Bonchev–Trinajstić information content (AvgIpc) is 2.63. The lowest BCUT2D eigenvalue weighted by Gasteiger charge is -2.14. The van der Waals surface area contributed by atoms with Crippen molar-refractivity contribution >= 4 is 5.97 Å². The molecule has 0 fully saturated rings. The Morgan fingerprint density at radius 1 is 1.50 bits per heavy atom. The number of methoxy groups -OCH3 is 2. The highest BCUT2D eigenvalue weighted by molar-refractivity contribution is 5.75. The van der Waals surface area contributed by atoms with Crippen LogP contribution in [0.4, 0.5) is 0 Å². The zero-order valence-electron chi connectivity index (χ0n) is 11.6. The van der Waals surface area contributed by atoms with Gasteiger partial charge in [0.2, 0.25) is 5.88 Å². The van der Waals surface area contributed by atoms with Crippen molar-refractivity contribution < 1.29 is 14.3 Å². The molecule has 0 aliphatic heterocycles. The second kappa shape index (κ2) is 6.39. The monoisotopic (exact) mass is 255 g/mol. The third-order valence-electron chi connectivity index (χ3n) is 2.90. The molecular formula is C12H21N3O3. The molecule has 1 heterocycles. The smallest absolute Gasteiger partial charge is 0.322 e. The zero-order chi connectivity index (χ0) is 13.7. The summed E-state index contributed by atoms with van der Waals surface area (Å²) in [5, 5.41) is 7.44. The lowest BCUT2D eigenvalue weighted by atomic mass is 10.2. The average molecular weight is 255 g/mol. The molecule has 1 atom stereocenters. The van der Waals surface area contributed by atoms with E-state index in [-0.39, 0.29) is 12.0 Å². The predicted octanol–water partition coefficient (Wildman–Crippen LogP) is 0.778. The van der Waals surface area contributed by atoms with Crippen LogP contribution in [-0.4, -0.2) is 36.0 Å². The topological polar surface area (TPSA) is 65.4 Å². The molecule has 6 heteroatoms. The lowest BCUT2D eigenvalue weighted by molar-refractivity contribution is -0.143. The highest BCUT2D eigenvalue weighted by Gasteiger charge is 2.19. The Morgan fingerprint density at radius 3 is 2.67 bits per heavy atom. The van der Waals surface area contributed by atoms with Crippen molar-refractivity contribution in [2.75, 3.05) is 14.2 Å². The number of aryl methyl sites for hydroxylation is 2. The van der Waals surface area contributed by atoms with Crippen LogP contribution in [0.1, 0.15) is 24.6 Å². The van der Waals surface area contributed by atoms with Gasteiger partial charge in [0.15, 0.2) is 0 Å². The molecule has 0 aliphatic carbocycles. The van der Waals surface area contributed by atoms with E-state index in [2.05, 4.69) is 10.4 Å². The molecule has 102 valence electrons. The molecule has 0 radical (unpaired) electrons. The Kier molecular flexibility index (Phi) is 5.15. The van der Waals surface area contributed by atoms with Crippen molar-refractivity contribution in [1.82, 2.24) is 15.1 Å². The normalized spacial score (nSPS) is 12.3. The number of ether oxygens (including phenoxy) is 2. The first-order valence-electron chi connectivity index (χ1n) is 5.92. The molecule has 1 rings (SSSR count). The van der Waals surface area contributed by atoms with Crippen LogP contribution in [0.25, 0.3) is 0 Å². The number of nitrogens with one attached hydrogen (secondary N) is 1. The fourth-order valence-electron chi connectivity index (χ4n) is 1.90. The molecule has 6 nitrogen and oxygen atoms in total. The van der Waals surface area contributed by atoms with Crippen molar-refractivity contribution in [2.24, 2.45) is 7.05 Å². The molecule has 0 spiro atoms. The number of carbonyl (C=O) groups excluding carboxylic acids is 1. The van der Waals surface area contributed by atoms with Crippen molar-refractivity contribution in [1.29, 1.82) is 0 Å². The maximum absolute atomic E-state index is 11.5. The Morgan fingerprint density at radius 2 is 2.17 bits per heavy atom. The second-order valence-corrected chi connectivity index (χ2v) is 4.06. The van der Waals surface area contributed by atoms with Crippen LogP contribution in [-0.2, 0) is 23.1 Å². The number of rotatable bonds is 6. The SMILES string of the molecule is CCC(NCc1c(C)nn(C)c1OC)C(=O)OC. The maximum Gasteiger partial charge on any atom is 0.322 e. The zero-order valence-corrected chi connectivity index (χ0v) is 11.6. The molecule has 1 aromatic rings. The number of hydrogen-bond donors (Lipinski definition) is 1. The molecular weight excluding hydrogens is 234 g/mol. The van der Waals surface area contributed by atoms with Gasteiger partial charge in [0.05, 0.1) is 25.5 Å². The fourth-order valence-corrected chi connectivity index (χ4v) is 1.90. The summed E-state index contributed by atoms with van der Waals surface area (Å²) in [5.41, 5.74) is 1.85. The van der Waals surface area contributed by atoms with Gasteiger partial charge in [-0.25, -0.2) is 4.68 Å². The predicted molar refractivity (Wildman–Crippen MR) is 67.4 cm³/mol. The van der Waals surface area contributed by atoms with Gasteiger partial charge in [-0.05, 0) is 13.3 Å². The summed E-state index contributed by atoms with van der Waals surface area (Å²) in [6, 6.07) is -0.306. The van der Waals surface area contributed by atoms with E-state index in [1.165, 1.54) is 7.11 Å². The van der Waals surface area contributed by atoms with Gasteiger partial charge in [-0.3, -0.25) is 4.79 Å². The van der Waals surface area contributed by atoms with E-state index in [0.29, 0.717) is 18.8 Å². The summed E-state index contributed by atoms with van der Waals surface area (Å²) in [6.45, 7) is 4.37. The van der Waals surface area contributed by atoms with Crippen LogP contribution < -0.4 is 10.1 Å². The second-order valence-electron chi connectivity index (χ2n) is 4.06. The summed E-state index contributed by atoms with van der Waals surface area (Å²) >= 11 is 0. The van der Waals surface area contributed by atoms with E-state index in [4.69, 9.17) is 9.47 Å². The van der Waals surface area contributed by atoms with Gasteiger partial charge >= 0.3 is 5.97 Å². The Bertz CT molecular complexity index is 415.